The Morgan fingerprint density at radius 3 is 2.60 bits per heavy atom. The molecule has 3 nitrogen and oxygen atoms in total. The molecule has 2 rings (SSSR count). The van der Waals surface area contributed by atoms with E-state index >= 15 is 0 Å². The molecule has 2 aliphatic rings. The molecule has 1 heterocycles. The van der Waals surface area contributed by atoms with Gasteiger partial charge in [-0.1, -0.05) is 13.3 Å². The van der Waals surface area contributed by atoms with Crippen molar-refractivity contribution in [3.63, 3.8) is 0 Å². The van der Waals surface area contributed by atoms with Crippen molar-refractivity contribution in [3.05, 3.63) is 0 Å². The number of hydrogen-bond acceptors (Lipinski definition) is 3. The van der Waals surface area contributed by atoms with Gasteiger partial charge in [-0.3, -0.25) is 4.21 Å². The van der Waals surface area contributed by atoms with E-state index in [1.165, 1.54) is 45.2 Å². The van der Waals surface area contributed by atoms with E-state index in [1.54, 1.807) is 0 Å². The van der Waals surface area contributed by atoms with Crippen LogP contribution in [0.25, 0.3) is 0 Å². The Balaban J connectivity index is 1.78. The van der Waals surface area contributed by atoms with Crippen LogP contribution in [0.3, 0.4) is 0 Å². The van der Waals surface area contributed by atoms with Crippen LogP contribution in [0.1, 0.15) is 52.4 Å². The van der Waals surface area contributed by atoms with E-state index in [-0.39, 0.29) is 0 Å². The Morgan fingerprint density at radius 1 is 1.25 bits per heavy atom. The van der Waals surface area contributed by atoms with Crippen LogP contribution in [-0.4, -0.2) is 52.3 Å². The average molecular weight is 301 g/mol. The summed E-state index contributed by atoms with van der Waals surface area (Å²) in [7, 11) is 1.62. The lowest BCUT2D eigenvalue weighted by Gasteiger charge is -2.37. The van der Waals surface area contributed by atoms with Crippen LogP contribution >= 0.6 is 0 Å². The van der Waals surface area contributed by atoms with Crippen molar-refractivity contribution < 1.29 is 4.21 Å². The first-order chi connectivity index (χ1) is 9.60. The Hall–Kier alpha value is 0.0700. The number of nitrogens with zero attached hydrogens (tertiary/aromatic N) is 1. The largest absolute Gasteiger partial charge is 0.311 e. The summed E-state index contributed by atoms with van der Waals surface area (Å²) in [5, 5.41) is 4.30. The van der Waals surface area contributed by atoms with Crippen LogP contribution in [0.15, 0.2) is 0 Å². The van der Waals surface area contributed by atoms with Crippen molar-refractivity contribution in [3.8, 4) is 0 Å². The lowest BCUT2D eigenvalue weighted by Crippen LogP contribution is -2.47. The summed E-state index contributed by atoms with van der Waals surface area (Å²) < 4.78 is 12.0. The molecule has 1 saturated heterocycles. The van der Waals surface area contributed by atoms with Crippen molar-refractivity contribution in [2.24, 2.45) is 5.92 Å². The minimum atomic E-state index is -0.605. The molecule has 118 valence electrons. The second-order valence-corrected chi connectivity index (χ2v) is 8.76. The molecule has 0 unspecified atom stereocenters. The van der Waals surface area contributed by atoms with Gasteiger partial charge in [0.25, 0.3) is 0 Å². The molecule has 0 aromatic carbocycles. The number of rotatable bonds is 5. The number of likely N-dealkylation sites (tertiary alicyclic amines) is 1. The van der Waals surface area contributed by atoms with Crippen LogP contribution in [-0.2, 0) is 10.8 Å². The first kappa shape index (κ1) is 16.4. The van der Waals surface area contributed by atoms with Gasteiger partial charge < -0.3 is 10.2 Å². The molecule has 0 amide bonds. The molecule has 1 aliphatic heterocycles. The molecule has 0 aromatic rings. The maximum absolute atomic E-state index is 12.0. The normalized spacial score (nSPS) is 33.0. The fourth-order valence-electron chi connectivity index (χ4n) is 3.81. The van der Waals surface area contributed by atoms with Crippen molar-refractivity contribution >= 4 is 10.8 Å². The van der Waals surface area contributed by atoms with Gasteiger partial charge >= 0.3 is 0 Å². The summed E-state index contributed by atoms with van der Waals surface area (Å²) >= 11 is 0. The molecular weight excluding hydrogens is 268 g/mol. The highest BCUT2D eigenvalue weighted by atomic mass is 32.2. The van der Waals surface area contributed by atoms with Crippen molar-refractivity contribution in [1.29, 1.82) is 0 Å². The second kappa shape index (κ2) is 7.90. The molecule has 4 heteroatoms. The molecule has 1 N–H and O–H groups in total. The topological polar surface area (TPSA) is 32.3 Å². The molecule has 20 heavy (non-hydrogen) atoms. The van der Waals surface area contributed by atoms with E-state index in [4.69, 9.17) is 0 Å². The maximum Gasteiger partial charge on any atom is 0.0362 e. The summed E-state index contributed by atoms with van der Waals surface area (Å²) in [6.07, 6.45) is 7.45. The van der Waals surface area contributed by atoms with Gasteiger partial charge in [0.1, 0.15) is 0 Å². The Kier molecular flexibility index (Phi) is 6.50. The number of nitrogens with one attached hydrogen (secondary N) is 1. The quantitative estimate of drug-likeness (QED) is 0.846. The molecule has 0 radical (unpaired) electrons. The first-order valence-electron chi connectivity index (χ1n) is 8.42. The minimum Gasteiger partial charge on any atom is -0.311 e. The van der Waals surface area contributed by atoms with Crippen LogP contribution in [0, 0.1) is 5.92 Å². The smallest absolute Gasteiger partial charge is 0.0362 e. The highest BCUT2D eigenvalue weighted by Gasteiger charge is 2.29. The van der Waals surface area contributed by atoms with Gasteiger partial charge in [-0.15, -0.1) is 0 Å². The Labute approximate surface area is 127 Å². The zero-order valence-electron chi connectivity index (χ0n) is 13.4. The summed E-state index contributed by atoms with van der Waals surface area (Å²) in [5.41, 5.74) is 0. The van der Waals surface area contributed by atoms with E-state index in [0.717, 1.165) is 18.1 Å². The average Bonchev–Trinajstić information content (AvgIpc) is 2.47. The van der Waals surface area contributed by atoms with Crippen LogP contribution < -0.4 is 5.32 Å². The molecule has 0 aromatic heterocycles. The standard InChI is InChI=1S/C16H32N2OS/c1-4-20(19)16-7-5-6-15(12-16)17-13(2)14-8-10-18(3)11-9-14/h13-17H,4-12H2,1-3H3/t13-,15-,16+,20+/m0/s1. The van der Waals surface area contributed by atoms with E-state index in [2.05, 4.69) is 24.2 Å². The van der Waals surface area contributed by atoms with E-state index in [1.807, 2.05) is 6.92 Å². The van der Waals surface area contributed by atoms with Crippen LogP contribution in [0.4, 0.5) is 0 Å². The van der Waals surface area contributed by atoms with Gasteiger partial charge in [-0.05, 0) is 65.1 Å². The molecular formula is C16H32N2OS. The zero-order valence-corrected chi connectivity index (χ0v) is 14.3. The van der Waals surface area contributed by atoms with Crippen LogP contribution in [0.2, 0.25) is 0 Å². The van der Waals surface area contributed by atoms with Crippen LogP contribution in [0.5, 0.6) is 0 Å². The Bertz CT molecular complexity index is 316. The van der Waals surface area contributed by atoms with E-state index in [9.17, 15) is 4.21 Å². The molecule has 1 saturated carbocycles. The number of hydrogen-bond donors (Lipinski definition) is 1. The zero-order chi connectivity index (χ0) is 14.5. The van der Waals surface area contributed by atoms with Gasteiger partial charge in [-0.25, -0.2) is 0 Å². The Morgan fingerprint density at radius 2 is 1.95 bits per heavy atom. The monoisotopic (exact) mass is 300 g/mol. The molecule has 4 atom stereocenters. The molecule has 1 aliphatic carbocycles. The summed E-state index contributed by atoms with van der Waals surface area (Å²) in [4.78, 5) is 2.43. The lowest BCUT2D eigenvalue weighted by molar-refractivity contribution is 0.178. The lowest BCUT2D eigenvalue weighted by atomic mass is 9.88. The third-order valence-corrected chi connectivity index (χ3v) is 6.99. The van der Waals surface area contributed by atoms with Gasteiger partial charge in [-0.2, -0.15) is 0 Å². The summed E-state index contributed by atoms with van der Waals surface area (Å²) in [6, 6.07) is 1.21. The van der Waals surface area contributed by atoms with Gasteiger partial charge in [0, 0.05) is 33.9 Å². The fraction of sp³-hybridized carbons (Fsp3) is 1.00. The number of piperidine rings is 1. The van der Waals surface area contributed by atoms with E-state index in [0.29, 0.717) is 17.3 Å². The van der Waals surface area contributed by atoms with Gasteiger partial charge in [0.2, 0.25) is 0 Å². The molecule has 0 bridgehead atoms. The predicted octanol–water partition coefficient (Wildman–Crippen LogP) is 2.39. The predicted molar refractivity (Wildman–Crippen MR) is 87.5 cm³/mol. The van der Waals surface area contributed by atoms with Crippen molar-refractivity contribution in [1.82, 2.24) is 10.2 Å². The SMILES string of the molecule is CC[S@@](=O)[C@@H]1CCC[C@H](N[C@@H](C)C2CCN(C)CC2)C1. The molecule has 0 spiro atoms. The second-order valence-electron chi connectivity index (χ2n) is 6.75. The third kappa shape index (κ3) is 4.54. The van der Waals surface area contributed by atoms with E-state index < -0.39 is 10.8 Å². The van der Waals surface area contributed by atoms with Crippen molar-refractivity contribution in [2.45, 2.75) is 69.7 Å². The van der Waals surface area contributed by atoms with Gasteiger partial charge in [0.05, 0.1) is 0 Å². The first-order valence-corrected chi connectivity index (χ1v) is 9.80. The summed E-state index contributed by atoms with van der Waals surface area (Å²) in [5.74, 6) is 1.64. The minimum absolute atomic E-state index is 0.441. The highest BCUT2D eigenvalue weighted by molar-refractivity contribution is 7.85. The summed E-state index contributed by atoms with van der Waals surface area (Å²) in [6.45, 7) is 6.89. The van der Waals surface area contributed by atoms with Crippen molar-refractivity contribution in [2.75, 3.05) is 25.9 Å². The fourth-order valence-corrected chi connectivity index (χ4v) is 5.16. The maximum atomic E-state index is 12.0. The van der Waals surface area contributed by atoms with Gasteiger partial charge in [0.15, 0.2) is 0 Å². The third-order valence-electron chi connectivity index (χ3n) is 5.25. The highest BCUT2D eigenvalue weighted by Crippen LogP contribution is 2.26. The molecule has 2 fully saturated rings.